The number of morpholine rings is 1. The van der Waals surface area contributed by atoms with E-state index in [2.05, 4.69) is 26.6 Å². The van der Waals surface area contributed by atoms with E-state index in [-0.39, 0.29) is 0 Å². The van der Waals surface area contributed by atoms with Crippen molar-refractivity contribution in [1.82, 2.24) is 15.5 Å². The van der Waals surface area contributed by atoms with Gasteiger partial charge in [0, 0.05) is 38.2 Å². The zero-order chi connectivity index (χ0) is 17.0. The maximum absolute atomic E-state index is 6.17. The highest BCUT2D eigenvalue weighted by atomic mass is 35.5. The maximum atomic E-state index is 6.17. The summed E-state index contributed by atoms with van der Waals surface area (Å²) in [6, 6.07) is 7.96. The third-order valence-corrected chi connectivity index (χ3v) is 4.53. The number of unbranched alkanes of at least 4 members (excludes halogenated alkanes) is 1. The summed E-state index contributed by atoms with van der Waals surface area (Å²) in [5, 5.41) is 7.53. The summed E-state index contributed by atoms with van der Waals surface area (Å²) < 4.78 is 5.36. The average molecular weight is 353 g/mol. The van der Waals surface area contributed by atoms with Gasteiger partial charge in [-0.05, 0) is 37.4 Å². The summed E-state index contributed by atoms with van der Waals surface area (Å²) in [6.07, 6.45) is 3.23. The van der Waals surface area contributed by atoms with Crippen molar-refractivity contribution in [2.24, 2.45) is 4.99 Å². The predicted molar refractivity (Wildman–Crippen MR) is 101 cm³/mol. The molecule has 1 aromatic carbocycles. The molecule has 1 heterocycles. The van der Waals surface area contributed by atoms with Gasteiger partial charge in [0.25, 0.3) is 0 Å². The molecule has 24 heavy (non-hydrogen) atoms. The molecule has 0 bridgehead atoms. The Morgan fingerprint density at radius 1 is 1.17 bits per heavy atom. The van der Waals surface area contributed by atoms with Crippen LogP contribution in [-0.4, -0.2) is 63.8 Å². The van der Waals surface area contributed by atoms with E-state index < -0.39 is 0 Å². The first-order chi connectivity index (χ1) is 11.8. The Morgan fingerprint density at radius 3 is 2.67 bits per heavy atom. The van der Waals surface area contributed by atoms with Gasteiger partial charge in [-0.25, -0.2) is 0 Å². The number of ether oxygens (including phenoxy) is 1. The average Bonchev–Trinajstić information content (AvgIpc) is 2.62. The second kappa shape index (κ2) is 11.3. The van der Waals surface area contributed by atoms with Gasteiger partial charge in [0.2, 0.25) is 0 Å². The number of nitrogens with one attached hydrogen (secondary N) is 2. The van der Waals surface area contributed by atoms with Crippen LogP contribution in [0.25, 0.3) is 0 Å². The predicted octanol–water partition coefficient (Wildman–Crippen LogP) is 2.16. The van der Waals surface area contributed by atoms with Gasteiger partial charge in [-0.2, -0.15) is 0 Å². The van der Waals surface area contributed by atoms with E-state index in [1.54, 1.807) is 7.05 Å². The molecule has 1 aliphatic rings. The minimum Gasteiger partial charge on any atom is -0.379 e. The van der Waals surface area contributed by atoms with Crippen molar-refractivity contribution in [3.63, 3.8) is 0 Å². The van der Waals surface area contributed by atoms with Gasteiger partial charge in [0.05, 0.1) is 13.2 Å². The van der Waals surface area contributed by atoms with Crippen molar-refractivity contribution in [2.45, 2.75) is 19.3 Å². The van der Waals surface area contributed by atoms with Crippen molar-refractivity contribution >= 4 is 17.6 Å². The molecule has 0 unspecified atom stereocenters. The quantitative estimate of drug-likeness (QED) is 0.427. The van der Waals surface area contributed by atoms with Crippen molar-refractivity contribution in [1.29, 1.82) is 0 Å². The van der Waals surface area contributed by atoms with Gasteiger partial charge in [0.15, 0.2) is 5.96 Å². The molecule has 0 saturated carbocycles. The second-order valence-electron chi connectivity index (χ2n) is 5.93. The largest absolute Gasteiger partial charge is 0.379 e. The fraction of sp³-hybridized carbons (Fsp3) is 0.611. The molecular formula is C18H29ClN4O. The van der Waals surface area contributed by atoms with E-state index in [9.17, 15) is 0 Å². The van der Waals surface area contributed by atoms with Crippen LogP contribution >= 0.6 is 11.6 Å². The Bertz CT molecular complexity index is 504. The Hall–Kier alpha value is -1.30. The molecular weight excluding hydrogens is 324 g/mol. The summed E-state index contributed by atoms with van der Waals surface area (Å²) in [4.78, 5) is 6.74. The summed E-state index contributed by atoms with van der Waals surface area (Å²) in [6.45, 7) is 6.80. The number of nitrogens with zero attached hydrogens (tertiary/aromatic N) is 2. The van der Waals surface area contributed by atoms with Gasteiger partial charge in [-0.1, -0.05) is 29.8 Å². The van der Waals surface area contributed by atoms with E-state index in [1.165, 1.54) is 6.42 Å². The Kier molecular flexibility index (Phi) is 8.95. The van der Waals surface area contributed by atoms with E-state index in [1.807, 2.05) is 18.2 Å². The highest BCUT2D eigenvalue weighted by Gasteiger charge is 2.09. The Labute approximate surface area is 150 Å². The van der Waals surface area contributed by atoms with Crippen LogP contribution in [0.4, 0.5) is 0 Å². The van der Waals surface area contributed by atoms with Crippen LogP contribution in [0.5, 0.6) is 0 Å². The third kappa shape index (κ3) is 7.07. The van der Waals surface area contributed by atoms with Crippen molar-refractivity contribution in [3.05, 3.63) is 34.9 Å². The van der Waals surface area contributed by atoms with E-state index in [4.69, 9.17) is 16.3 Å². The monoisotopic (exact) mass is 352 g/mol. The number of rotatable bonds is 8. The maximum Gasteiger partial charge on any atom is 0.190 e. The summed E-state index contributed by atoms with van der Waals surface area (Å²) in [7, 11) is 1.80. The van der Waals surface area contributed by atoms with Gasteiger partial charge in [-0.3, -0.25) is 9.89 Å². The van der Waals surface area contributed by atoms with Crippen LogP contribution in [0.15, 0.2) is 29.3 Å². The lowest BCUT2D eigenvalue weighted by Gasteiger charge is -2.26. The number of hydrogen-bond acceptors (Lipinski definition) is 3. The van der Waals surface area contributed by atoms with Crippen LogP contribution in [0.3, 0.4) is 0 Å². The molecule has 0 aliphatic carbocycles. The fourth-order valence-electron chi connectivity index (χ4n) is 2.73. The molecule has 6 heteroatoms. The zero-order valence-electron chi connectivity index (χ0n) is 14.6. The van der Waals surface area contributed by atoms with E-state index >= 15 is 0 Å². The van der Waals surface area contributed by atoms with Crippen LogP contribution in [-0.2, 0) is 11.2 Å². The SMILES string of the molecule is CN=C(NCCCCN1CCOCC1)NCCc1ccccc1Cl. The van der Waals surface area contributed by atoms with Gasteiger partial charge in [0.1, 0.15) is 0 Å². The highest BCUT2D eigenvalue weighted by Crippen LogP contribution is 2.14. The van der Waals surface area contributed by atoms with Crippen LogP contribution < -0.4 is 10.6 Å². The molecule has 1 fully saturated rings. The lowest BCUT2D eigenvalue weighted by Crippen LogP contribution is -2.39. The van der Waals surface area contributed by atoms with Crippen LogP contribution in [0.1, 0.15) is 18.4 Å². The van der Waals surface area contributed by atoms with Crippen LogP contribution in [0, 0.1) is 0 Å². The molecule has 134 valence electrons. The molecule has 0 atom stereocenters. The van der Waals surface area contributed by atoms with E-state index in [0.29, 0.717) is 0 Å². The minimum absolute atomic E-state index is 0.817. The lowest BCUT2D eigenvalue weighted by molar-refractivity contribution is 0.0372. The second-order valence-corrected chi connectivity index (χ2v) is 6.34. The summed E-state index contributed by atoms with van der Waals surface area (Å²) in [5.41, 5.74) is 1.16. The molecule has 1 aromatic rings. The highest BCUT2D eigenvalue weighted by molar-refractivity contribution is 6.31. The number of guanidine groups is 1. The number of benzene rings is 1. The van der Waals surface area contributed by atoms with Crippen LogP contribution in [0.2, 0.25) is 5.02 Å². The zero-order valence-corrected chi connectivity index (χ0v) is 15.3. The van der Waals surface area contributed by atoms with Crippen molar-refractivity contribution < 1.29 is 4.74 Å². The molecule has 1 saturated heterocycles. The van der Waals surface area contributed by atoms with Gasteiger partial charge < -0.3 is 15.4 Å². The molecule has 2 N–H and O–H groups in total. The number of halogens is 1. The topological polar surface area (TPSA) is 48.9 Å². The van der Waals surface area contributed by atoms with Gasteiger partial charge in [-0.15, -0.1) is 0 Å². The molecule has 1 aliphatic heterocycles. The Balaban J connectivity index is 1.54. The standard InChI is InChI=1S/C18H29ClN4O/c1-20-18(22-10-8-16-6-2-3-7-17(16)19)21-9-4-5-11-23-12-14-24-15-13-23/h2-3,6-7H,4-5,8-15H2,1H3,(H2,20,21,22). The number of hydrogen-bond donors (Lipinski definition) is 2. The molecule has 5 nitrogen and oxygen atoms in total. The van der Waals surface area contributed by atoms with Crippen molar-refractivity contribution in [2.75, 3.05) is 53.0 Å². The number of aliphatic imine (C=N–C) groups is 1. The summed E-state index contributed by atoms with van der Waals surface area (Å²) in [5.74, 6) is 0.855. The lowest BCUT2D eigenvalue weighted by atomic mass is 10.1. The molecule has 0 amide bonds. The van der Waals surface area contributed by atoms with Crippen molar-refractivity contribution in [3.8, 4) is 0 Å². The van der Waals surface area contributed by atoms with E-state index in [0.717, 1.165) is 75.3 Å². The third-order valence-electron chi connectivity index (χ3n) is 4.17. The molecule has 0 aromatic heterocycles. The molecule has 2 rings (SSSR count). The Morgan fingerprint density at radius 2 is 1.92 bits per heavy atom. The first-order valence-electron chi connectivity index (χ1n) is 8.77. The molecule has 0 radical (unpaired) electrons. The summed E-state index contributed by atoms with van der Waals surface area (Å²) >= 11 is 6.17. The smallest absolute Gasteiger partial charge is 0.190 e. The fourth-order valence-corrected chi connectivity index (χ4v) is 2.96. The molecule has 0 spiro atoms. The normalized spacial score (nSPS) is 16.2. The minimum atomic E-state index is 0.817. The first kappa shape index (κ1) is 19.0. The van der Waals surface area contributed by atoms with Gasteiger partial charge >= 0.3 is 0 Å². The first-order valence-corrected chi connectivity index (χ1v) is 9.15.